The Morgan fingerprint density at radius 1 is 1.27 bits per heavy atom. The first-order valence-electron chi connectivity index (χ1n) is 8.03. The zero-order chi connectivity index (χ0) is 16.2. The van der Waals surface area contributed by atoms with Crippen molar-refractivity contribution in [3.63, 3.8) is 0 Å². The SMILES string of the molecule is CC[C@H](c1ccccn1)N1CCN(C(=O)OC(C)(C)C)CC1. The van der Waals surface area contributed by atoms with Crippen LogP contribution in [0.2, 0.25) is 0 Å². The highest BCUT2D eigenvalue weighted by Crippen LogP contribution is 2.24. The molecule has 1 aliphatic heterocycles. The Labute approximate surface area is 133 Å². The second-order valence-electron chi connectivity index (χ2n) is 6.68. The third-order valence-electron chi connectivity index (χ3n) is 3.82. The van der Waals surface area contributed by atoms with E-state index in [4.69, 9.17) is 4.74 Å². The maximum Gasteiger partial charge on any atom is 0.410 e. The minimum Gasteiger partial charge on any atom is -0.444 e. The van der Waals surface area contributed by atoms with Gasteiger partial charge in [0, 0.05) is 32.4 Å². The van der Waals surface area contributed by atoms with Gasteiger partial charge in [0.2, 0.25) is 0 Å². The number of ether oxygens (including phenoxy) is 1. The Morgan fingerprint density at radius 3 is 2.45 bits per heavy atom. The maximum absolute atomic E-state index is 12.1. The van der Waals surface area contributed by atoms with Gasteiger partial charge in [-0.2, -0.15) is 0 Å². The summed E-state index contributed by atoms with van der Waals surface area (Å²) in [5.74, 6) is 0. The van der Waals surface area contributed by atoms with Crippen LogP contribution in [-0.2, 0) is 4.74 Å². The summed E-state index contributed by atoms with van der Waals surface area (Å²) in [6.07, 6.45) is 2.65. The summed E-state index contributed by atoms with van der Waals surface area (Å²) in [4.78, 5) is 20.8. The van der Waals surface area contributed by atoms with Crippen LogP contribution in [0.3, 0.4) is 0 Å². The average Bonchev–Trinajstić information content (AvgIpc) is 2.48. The van der Waals surface area contributed by atoms with Gasteiger partial charge in [-0.3, -0.25) is 9.88 Å². The molecule has 1 saturated heterocycles. The van der Waals surface area contributed by atoms with Crippen LogP contribution in [0.4, 0.5) is 4.79 Å². The molecule has 1 amide bonds. The van der Waals surface area contributed by atoms with Gasteiger partial charge in [0.05, 0.1) is 11.7 Å². The molecule has 1 fully saturated rings. The van der Waals surface area contributed by atoms with E-state index in [0.29, 0.717) is 19.1 Å². The molecule has 0 spiro atoms. The molecule has 1 aromatic heterocycles. The van der Waals surface area contributed by atoms with Crippen molar-refractivity contribution in [3.05, 3.63) is 30.1 Å². The molecule has 0 N–H and O–H groups in total. The Kier molecular flexibility index (Phi) is 5.40. The molecule has 0 saturated carbocycles. The first-order chi connectivity index (χ1) is 10.4. The van der Waals surface area contributed by atoms with Crippen LogP contribution >= 0.6 is 0 Å². The Bertz CT molecular complexity index is 476. The monoisotopic (exact) mass is 305 g/mol. The number of piperazine rings is 1. The van der Waals surface area contributed by atoms with Gasteiger partial charge < -0.3 is 9.64 Å². The van der Waals surface area contributed by atoms with Crippen molar-refractivity contribution in [2.75, 3.05) is 26.2 Å². The van der Waals surface area contributed by atoms with Gasteiger partial charge in [0.25, 0.3) is 0 Å². The van der Waals surface area contributed by atoms with Gasteiger partial charge in [-0.25, -0.2) is 4.79 Å². The van der Waals surface area contributed by atoms with E-state index >= 15 is 0 Å². The largest absolute Gasteiger partial charge is 0.444 e. The Morgan fingerprint density at radius 2 is 1.95 bits per heavy atom. The molecule has 5 heteroatoms. The number of carbonyl (C=O) groups is 1. The van der Waals surface area contributed by atoms with Gasteiger partial charge in [-0.05, 0) is 39.3 Å². The molecular weight excluding hydrogens is 278 g/mol. The highest BCUT2D eigenvalue weighted by atomic mass is 16.6. The van der Waals surface area contributed by atoms with Crippen molar-refractivity contribution >= 4 is 6.09 Å². The molecule has 1 aromatic rings. The standard InChI is InChI=1S/C17H27N3O2/c1-5-15(14-8-6-7-9-18-14)19-10-12-20(13-11-19)16(21)22-17(2,3)4/h6-9,15H,5,10-13H2,1-4H3/t15-/m1/s1. The number of rotatable bonds is 3. The van der Waals surface area contributed by atoms with Crippen molar-refractivity contribution in [2.24, 2.45) is 0 Å². The number of amides is 1. The van der Waals surface area contributed by atoms with Crippen molar-refractivity contribution in [3.8, 4) is 0 Å². The minimum absolute atomic E-state index is 0.210. The maximum atomic E-state index is 12.1. The summed E-state index contributed by atoms with van der Waals surface area (Å²) in [7, 11) is 0. The predicted octanol–water partition coefficient (Wildman–Crippen LogP) is 3.09. The summed E-state index contributed by atoms with van der Waals surface area (Å²) in [6, 6.07) is 6.37. The van der Waals surface area contributed by atoms with Crippen molar-refractivity contribution in [1.82, 2.24) is 14.8 Å². The van der Waals surface area contributed by atoms with Crippen molar-refractivity contribution in [2.45, 2.75) is 45.8 Å². The smallest absolute Gasteiger partial charge is 0.410 e. The summed E-state index contributed by atoms with van der Waals surface area (Å²) in [6.45, 7) is 11.0. The van der Waals surface area contributed by atoms with E-state index in [1.165, 1.54) is 0 Å². The van der Waals surface area contributed by atoms with Crippen LogP contribution < -0.4 is 0 Å². The fraction of sp³-hybridized carbons (Fsp3) is 0.647. The molecule has 22 heavy (non-hydrogen) atoms. The highest BCUT2D eigenvalue weighted by Gasteiger charge is 2.29. The fourth-order valence-corrected chi connectivity index (χ4v) is 2.77. The minimum atomic E-state index is -0.436. The van der Waals surface area contributed by atoms with Crippen LogP contribution in [0.15, 0.2) is 24.4 Å². The first kappa shape index (κ1) is 16.7. The van der Waals surface area contributed by atoms with E-state index in [2.05, 4.69) is 22.9 Å². The summed E-state index contributed by atoms with van der Waals surface area (Å²) < 4.78 is 5.44. The lowest BCUT2D eigenvalue weighted by Gasteiger charge is -2.39. The van der Waals surface area contributed by atoms with E-state index < -0.39 is 5.60 Å². The zero-order valence-electron chi connectivity index (χ0n) is 14.1. The third-order valence-corrected chi connectivity index (χ3v) is 3.82. The van der Waals surface area contributed by atoms with Gasteiger partial charge in [-0.1, -0.05) is 13.0 Å². The second kappa shape index (κ2) is 7.09. The molecule has 0 aromatic carbocycles. The Balaban J connectivity index is 1.92. The lowest BCUT2D eigenvalue weighted by molar-refractivity contribution is 0.00978. The van der Waals surface area contributed by atoms with E-state index in [9.17, 15) is 4.79 Å². The number of hydrogen-bond acceptors (Lipinski definition) is 4. The number of aromatic nitrogens is 1. The van der Waals surface area contributed by atoms with E-state index in [0.717, 1.165) is 25.2 Å². The summed E-state index contributed by atoms with van der Waals surface area (Å²) in [5.41, 5.74) is 0.671. The zero-order valence-corrected chi connectivity index (χ0v) is 14.1. The average molecular weight is 305 g/mol. The lowest BCUT2D eigenvalue weighted by atomic mass is 10.1. The molecule has 122 valence electrons. The van der Waals surface area contributed by atoms with Gasteiger partial charge in [0.1, 0.15) is 5.60 Å². The quantitative estimate of drug-likeness (QED) is 0.861. The normalized spacial score (nSPS) is 18.1. The van der Waals surface area contributed by atoms with Crippen molar-refractivity contribution in [1.29, 1.82) is 0 Å². The fourth-order valence-electron chi connectivity index (χ4n) is 2.77. The third kappa shape index (κ3) is 4.44. The number of pyridine rings is 1. The molecule has 0 bridgehead atoms. The molecule has 0 aliphatic carbocycles. The lowest BCUT2D eigenvalue weighted by Crippen LogP contribution is -2.50. The number of nitrogens with zero attached hydrogens (tertiary/aromatic N) is 3. The topological polar surface area (TPSA) is 45.7 Å². The molecule has 1 aliphatic rings. The molecule has 5 nitrogen and oxygen atoms in total. The molecule has 2 rings (SSSR count). The van der Waals surface area contributed by atoms with Gasteiger partial charge in [-0.15, -0.1) is 0 Å². The second-order valence-corrected chi connectivity index (χ2v) is 6.68. The number of hydrogen-bond donors (Lipinski definition) is 0. The van der Waals surface area contributed by atoms with Crippen molar-refractivity contribution < 1.29 is 9.53 Å². The summed E-state index contributed by atoms with van der Waals surface area (Å²) >= 11 is 0. The van der Waals surface area contributed by atoms with Gasteiger partial charge in [0.15, 0.2) is 0 Å². The molecular formula is C17H27N3O2. The predicted molar refractivity (Wildman–Crippen MR) is 86.6 cm³/mol. The molecule has 0 unspecified atom stereocenters. The molecule has 1 atom stereocenters. The van der Waals surface area contributed by atoms with Gasteiger partial charge >= 0.3 is 6.09 Å². The highest BCUT2D eigenvalue weighted by molar-refractivity contribution is 5.68. The van der Waals surface area contributed by atoms with Crippen LogP contribution in [0.1, 0.15) is 45.9 Å². The van der Waals surface area contributed by atoms with Crippen LogP contribution in [0.25, 0.3) is 0 Å². The number of carbonyl (C=O) groups excluding carboxylic acids is 1. The molecule has 0 radical (unpaired) electrons. The Hall–Kier alpha value is -1.62. The van der Waals surface area contributed by atoms with Crippen LogP contribution in [-0.4, -0.2) is 52.7 Å². The van der Waals surface area contributed by atoms with Crippen LogP contribution in [0, 0.1) is 0 Å². The van der Waals surface area contributed by atoms with Crippen LogP contribution in [0.5, 0.6) is 0 Å². The van der Waals surface area contributed by atoms with E-state index in [1.807, 2.05) is 39.1 Å². The summed E-state index contributed by atoms with van der Waals surface area (Å²) in [5, 5.41) is 0. The first-order valence-corrected chi connectivity index (χ1v) is 8.03. The van der Waals surface area contributed by atoms with E-state index in [-0.39, 0.29) is 6.09 Å². The molecule has 2 heterocycles. The van der Waals surface area contributed by atoms with E-state index in [1.54, 1.807) is 4.90 Å².